The molecule has 1 aromatic carbocycles. The Hall–Kier alpha value is -1.79. The van der Waals surface area contributed by atoms with Crippen LogP contribution in [-0.2, 0) is 4.74 Å². The van der Waals surface area contributed by atoms with Crippen LogP contribution in [0.5, 0.6) is 0 Å². The highest BCUT2D eigenvalue weighted by Crippen LogP contribution is 2.16. The number of rotatable bonds is 5. The molecule has 0 fully saturated rings. The molecule has 1 heterocycles. The van der Waals surface area contributed by atoms with E-state index in [4.69, 9.17) is 10.5 Å². The Labute approximate surface area is 122 Å². The summed E-state index contributed by atoms with van der Waals surface area (Å²) < 4.78 is 5.05. The van der Waals surface area contributed by atoms with Crippen molar-refractivity contribution in [3.8, 4) is 0 Å². The lowest BCUT2D eigenvalue weighted by Gasteiger charge is -2.11. The molecule has 2 rings (SSSR count). The maximum Gasteiger partial charge on any atom is 0.412 e. The molecular weight excluding hydrogens is 274 g/mol. The number of nitrogens with zero attached hydrogens (tertiary/aromatic N) is 1. The molecule has 0 aliphatic heterocycles. The fourth-order valence-electron chi connectivity index (χ4n) is 1.74. The number of carbonyl (C=O) groups is 1. The van der Waals surface area contributed by atoms with Gasteiger partial charge in [-0.25, -0.2) is 9.78 Å². The van der Waals surface area contributed by atoms with Crippen LogP contribution < -0.4 is 11.1 Å². The molecule has 1 atom stereocenters. The molecule has 1 aromatic heterocycles. The maximum atomic E-state index is 11.6. The third-order valence-electron chi connectivity index (χ3n) is 2.77. The maximum absolute atomic E-state index is 11.6. The lowest BCUT2D eigenvalue weighted by atomic mass is 10.2. The minimum Gasteiger partial charge on any atom is -0.448 e. The van der Waals surface area contributed by atoms with E-state index in [2.05, 4.69) is 22.9 Å². The summed E-state index contributed by atoms with van der Waals surface area (Å²) in [4.78, 5) is 15.8. The highest BCUT2D eigenvalue weighted by atomic mass is 32.1. The van der Waals surface area contributed by atoms with Crippen LogP contribution in [0.3, 0.4) is 0 Å². The molecular formula is C14H17N3O2S. The number of fused-ring (bicyclic) bond motifs is 1. The summed E-state index contributed by atoms with van der Waals surface area (Å²) in [7, 11) is 0. The second-order valence-corrected chi connectivity index (χ2v) is 5.10. The van der Waals surface area contributed by atoms with Crippen molar-refractivity contribution in [3.05, 3.63) is 36.5 Å². The lowest BCUT2D eigenvalue weighted by Crippen LogP contribution is -2.21. The summed E-state index contributed by atoms with van der Waals surface area (Å²) in [6, 6.07) is 9.59. The summed E-state index contributed by atoms with van der Waals surface area (Å²) in [6.45, 7) is 0.741. The van der Waals surface area contributed by atoms with Crippen molar-refractivity contribution in [2.45, 2.75) is 11.7 Å². The normalized spacial score (nSPS) is 12.1. The first-order valence-corrected chi connectivity index (χ1v) is 6.87. The molecule has 1 amide bonds. The van der Waals surface area contributed by atoms with Gasteiger partial charge in [0.25, 0.3) is 0 Å². The second-order valence-electron chi connectivity index (χ2n) is 4.37. The fourth-order valence-corrected chi connectivity index (χ4v) is 1.96. The van der Waals surface area contributed by atoms with Crippen LogP contribution in [0.2, 0.25) is 0 Å². The quantitative estimate of drug-likeness (QED) is 0.739. The van der Waals surface area contributed by atoms with Gasteiger partial charge in [0.1, 0.15) is 12.4 Å². The van der Waals surface area contributed by atoms with Crippen LogP contribution in [0.1, 0.15) is 6.42 Å². The minimum atomic E-state index is -0.538. The number of nitrogens with one attached hydrogen (secondary N) is 1. The Morgan fingerprint density at radius 1 is 1.40 bits per heavy atom. The van der Waals surface area contributed by atoms with Crippen LogP contribution >= 0.6 is 12.6 Å². The van der Waals surface area contributed by atoms with Gasteiger partial charge in [-0.15, -0.1) is 0 Å². The number of carbonyl (C=O) groups excluding carboxylic acids is 1. The van der Waals surface area contributed by atoms with Gasteiger partial charge in [-0.1, -0.05) is 24.3 Å². The Morgan fingerprint density at radius 3 is 2.90 bits per heavy atom. The number of pyridine rings is 1. The van der Waals surface area contributed by atoms with Crippen LogP contribution in [0.4, 0.5) is 10.6 Å². The Kier molecular flexibility index (Phi) is 5.20. The summed E-state index contributed by atoms with van der Waals surface area (Å²) in [6.07, 6.45) is 1.87. The van der Waals surface area contributed by atoms with Gasteiger partial charge in [-0.2, -0.15) is 12.6 Å². The lowest BCUT2D eigenvalue weighted by molar-refractivity contribution is 0.161. The van der Waals surface area contributed by atoms with Gasteiger partial charge < -0.3 is 10.5 Å². The number of hydrogen-bond donors (Lipinski definition) is 3. The number of nitrogens with two attached hydrogens (primary N) is 1. The van der Waals surface area contributed by atoms with Gasteiger partial charge in [-0.3, -0.25) is 5.32 Å². The van der Waals surface area contributed by atoms with Crippen LogP contribution in [0, 0.1) is 0 Å². The fraction of sp³-hybridized carbons (Fsp3) is 0.286. The van der Waals surface area contributed by atoms with Crippen LogP contribution in [0.25, 0.3) is 10.8 Å². The van der Waals surface area contributed by atoms with E-state index in [1.54, 1.807) is 12.3 Å². The number of ether oxygens (including phenoxy) is 1. The van der Waals surface area contributed by atoms with Crippen molar-refractivity contribution in [3.63, 3.8) is 0 Å². The number of benzene rings is 1. The summed E-state index contributed by atoms with van der Waals surface area (Å²) in [5.74, 6) is 0.461. The van der Waals surface area contributed by atoms with Crippen molar-refractivity contribution in [1.29, 1.82) is 0 Å². The highest BCUT2D eigenvalue weighted by molar-refractivity contribution is 7.81. The predicted octanol–water partition coefficient (Wildman–Crippen LogP) is 2.43. The van der Waals surface area contributed by atoms with Crippen molar-refractivity contribution in [2.75, 3.05) is 18.5 Å². The number of aromatic nitrogens is 1. The first-order valence-electron chi connectivity index (χ1n) is 6.36. The number of thiol groups is 1. The molecule has 0 saturated carbocycles. The molecule has 20 heavy (non-hydrogen) atoms. The SMILES string of the molecule is NCCC(S)COC(=O)Nc1cc2ccccc2cn1. The molecule has 1 unspecified atom stereocenters. The van der Waals surface area contributed by atoms with Crippen molar-refractivity contribution in [1.82, 2.24) is 4.98 Å². The molecule has 5 nitrogen and oxygen atoms in total. The Bertz CT molecular complexity index is 591. The van der Waals surface area contributed by atoms with Crippen molar-refractivity contribution < 1.29 is 9.53 Å². The molecule has 6 heteroatoms. The topological polar surface area (TPSA) is 77.2 Å². The number of amides is 1. The van der Waals surface area contributed by atoms with Gasteiger partial charge in [0.2, 0.25) is 0 Å². The predicted molar refractivity (Wildman–Crippen MR) is 83.2 cm³/mol. The molecule has 0 aliphatic carbocycles. The van der Waals surface area contributed by atoms with E-state index >= 15 is 0 Å². The summed E-state index contributed by atoms with van der Waals surface area (Å²) >= 11 is 4.26. The third kappa shape index (κ3) is 4.11. The number of hydrogen-bond acceptors (Lipinski definition) is 5. The summed E-state index contributed by atoms with van der Waals surface area (Å²) in [5, 5.41) is 4.57. The van der Waals surface area contributed by atoms with Gasteiger partial charge in [-0.05, 0) is 24.4 Å². The van der Waals surface area contributed by atoms with E-state index in [0.29, 0.717) is 18.8 Å². The molecule has 0 radical (unpaired) electrons. The van der Waals surface area contributed by atoms with E-state index in [9.17, 15) is 4.79 Å². The van der Waals surface area contributed by atoms with Crippen LogP contribution in [0.15, 0.2) is 36.5 Å². The number of anilines is 1. The highest BCUT2D eigenvalue weighted by Gasteiger charge is 2.08. The van der Waals surface area contributed by atoms with Crippen molar-refractivity contribution >= 4 is 35.3 Å². The smallest absolute Gasteiger partial charge is 0.412 e. The molecule has 0 saturated heterocycles. The first kappa shape index (κ1) is 14.6. The van der Waals surface area contributed by atoms with Crippen molar-refractivity contribution in [2.24, 2.45) is 5.73 Å². The molecule has 0 bridgehead atoms. The van der Waals surface area contributed by atoms with E-state index in [0.717, 1.165) is 10.8 Å². The van der Waals surface area contributed by atoms with Gasteiger partial charge >= 0.3 is 6.09 Å². The van der Waals surface area contributed by atoms with E-state index in [-0.39, 0.29) is 11.9 Å². The van der Waals surface area contributed by atoms with Gasteiger partial charge in [0, 0.05) is 16.8 Å². The van der Waals surface area contributed by atoms with E-state index in [1.165, 1.54) is 0 Å². The summed E-state index contributed by atoms with van der Waals surface area (Å²) in [5.41, 5.74) is 5.40. The van der Waals surface area contributed by atoms with Crippen LogP contribution in [-0.4, -0.2) is 29.5 Å². The van der Waals surface area contributed by atoms with Gasteiger partial charge in [0.05, 0.1) is 0 Å². The zero-order valence-electron chi connectivity index (χ0n) is 11.0. The third-order valence-corrected chi connectivity index (χ3v) is 3.18. The Balaban J connectivity index is 1.92. The molecule has 2 aromatic rings. The van der Waals surface area contributed by atoms with E-state index < -0.39 is 6.09 Å². The molecule has 0 spiro atoms. The Morgan fingerprint density at radius 2 is 2.15 bits per heavy atom. The second kappa shape index (κ2) is 7.12. The van der Waals surface area contributed by atoms with E-state index in [1.807, 2.05) is 24.3 Å². The zero-order valence-corrected chi connectivity index (χ0v) is 11.8. The average Bonchev–Trinajstić information content (AvgIpc) is 2.45. The monoisotopic (exact) mass is 291 g/mol. The van der Waals surface area contributed by atoms with Gasteiger partial charge in [0.15, 0.2) is 0 Å². The zero-order chi connectivity index (χ0) is 14.4. The largest absolute Gasteiger partial charge is 0.448 e. The molecule has 0 aliphatic rings. The average molecular weight is 291 g/mol. The standard InChI is InChI=1S/C14H17N3O2S/c15-6-5-12(20)9-19-14(18)17-13-7-10-3-1-2-4-11(10)8-16-13/h1-4,7-8,12,20H,5-6,9,15H2,(H,16,17,18). The minimum absolute atomic E-state index is 0.0460. The molecule has 3 N–H and O–H groups in total. The molecule has 106 valence electrons. The first-order chi connectivity index (χ1) is 9.69.